The quantitative estimate of drug-likeness (QED) is 0.843. The first-order valence-electron chi connectivity index (χ1n) is 7.65. The molecule has 1 saturated carbocycles. The Morgan fingerprint density at radius 1 is 1.33 bits per heavy atom. The molecule has 0 aliphatic heterocycles. The molecule has 3 rings (SSSR count). The predicted octanol–water partition coefficient (Wildman–Crippen LogP) is 3.84. The van der Waals surface area contributed by atoms with Crippen LogP contribution in [0, 0.1) is 6.92 Å². The van der Waals surface area contributed by atoms with E-state index in [4.69, 9.17) is 9.72 Å². The van der Waals surface area contributed by atoms with Crippen molar-refractivity contribution in [2.24, 2.45) is 0 Å². The Hall–Kier alpha value is -1.39. The van der Waals surface area contributed by atoms with Crippen molar-refractivity contribution in [3.63, 3.8) is 0 Å². The minimum Gasteiger partial charge on any atom is -0.486 e. The molecule has 1 heterocycles. The van der Waals surface area contributed by atoms with Crippen LogP contribution in [-0.4, -0.2) is 11.0 Å². The Kier molecular flexibility index (Phi) is 4.56. The molecule has 0 amide bonds. The molecule has 4 heteroatoms. The van der Waals surface area contributed by atoms with E-state index in [0.717, 1.165) is 29.8 Å². The topological polar surface area (TPSA) is 34.1 Å². The summed E-state index contributed by atoms with van der Waals surface area (Å²) in [4.78, 5) is 6.09. The number of hydrogen-bond acceptors (Lipinski definition) is 4. The maximum Gasteiger partial charge on any atom is 0.140 e. The highest BCUT2D eigenvalue weighted by atomic mass is 32.1. The maximum absolute atomic E-state index is 5.90. The van der Waals surface area contributed by atoms with E-state index in [9.17, 15) is 0 Å². The van der Waals surface area contributed by atoms with Gasteiger partial charge in [-0.15, -0.1) is 11.3 Å². The average molecular weight is 302 g/mol. The van der Waals surface area contributed by atoms with Crippen LogP contribution in [0.3, 0.4) is 0 Å². The Morgan fingerprint density at radius 3 is 2.86 bits per heavy atom. The van der Waals surface area contributed by atoms with Gasteiger partial charge in [-0.25, -0.2) is 4.98 Å². The van der Waals surface area contributed by atoms with Gasteiger partial charge in [0.2, 0.25) is 0 Å². The lowest BCUT2D eigenvalue weighted by Gasteiger charge is -2.06. The van der Waals surface area contributed by atoms with Crippen LogP contribution >= 0.6 is 11.3 Å². The number of nitrogens with zero attached hydrogens (tertiary/aromatic N) is 1. The molecule has 0 spiro atoms. The van der Waals surface area contributed by atoms with Gasteiger partial charge in [0.25, 0.3) is 0 Å². The SMILES string of the molecule is CCc1nc(COc2ccccc2C)sc1CNC1CC1. The highest BCUT2D eigenvalue weighted by Gasteiger charge is 2.21. The van der Waals surface area contributed by atoms with E-state index in [1.807, 2.05) is 18.2 Å². The summed E-state index contributed by atoms with van der Waals surface area (Å²) >= 11 is 1.78. The molecular weight excluding hydrogens is 280 g/mol. The summed E-state index contributed by atoms with van der Waals surface area (Å²) in [5.41, 5.74) is 2.39. The van der Waals surface area contributed by atoms with Crippen molar-refractivity contribution >= 4 is 11.3 Å². The average Bonchev–Trinajstić information content (AvgIpc) is 3.24. The van der Waals surface area contributed by atoms with E-state index in [2.05, 4.69) is 25.2 Å². The lowest BCUT2D eigenvalue weighted by molar-refractivity contribution is 0.303. The molecule has 1 aromatic heterocycles. The van der Waals surface area contributed by atoms with E-state index < -0.39 is 0 Å². The second-order valence-corrected chi connectivity index (χ2v) is 6.71. The van der Waals surface area contributed by atoms with Gasteiger partial charge in [0.05, 0.1) is 5.69 Å². The van der Waals surface area contributed by atoms with E-state index in [-0.39, 0.29) is 0 Å². The summed E-state index contributed by atoms with van der Waals surface area (Å²) in [5, 5.41) is 4.65. The van der Waals surface area contributed by atoms with Gasteiger partial charge < -0.3 is 10.1 Å². The van der Waals surface area contributed by atoms with Crippen molar-refractivity contribution in [3.8, 4) is 5.75 Å². The first kappa shape index (κ1) is 14.5. The number of para-hydroxylation sites is 1. The van der Waals surface area contributed by atoms with Crippen LogP contribution in [0.4, 0.5) is 0 Å². The van der Waals surface area contributed by atoms with Gasteiger partial charge in [0, 0.05) is 17.5 Å². The Balaban J connectivity index is 1.63. The zero-order valence-electron chi connectivity index (χ0n) is 12.7. The molecule has 0 bridgehead atoms. The number of benzene rings is 1. The number of aromatic nitrogens is 1. The van der Waals surface area contributed by atoms with Crippen LogP contribution in [0.2, 0.25) is 0 Å². The molecule has 0 atom stereocenters. The predicted molar refractivity (Wildman–Crippen MR) is 86.9 cm³/mol. The smallest absolute Gasteiger partial charge is 0.140 e. The second-order valence-electron chi connectivity index (χ2n) is 5.54. The summed E-state index contributed by atoms with van der Waals surface area (Å²) < 4.78 is 5.90. The van der Waals surface area contributed by atoms with Crippen molar-refractivity contribution in [2.75, 3.05) is 0 Å². The maximum atomic E-state index is 5.90. The lowest BCUT2D eigenvalue weighted by Crippen LogP contribution is -2.15. The van der Waals surface area contributed by atoms with Gasteiger partial charge in [-0.3, -0.25) is 0 Å². The molecule has 1 N–H and O–H groups in total. The minimum absolute atomic E-state index is 0.561. The zero-order valence-corrected chi connectivity index (χ0v) is 13.5. The van der Waals surface area contributed by atoms with Crippen molar-refractivity contribution in [1.82, 2.24) is 10.3 Å². The molecule has 1 fully saturated rings. The molecule has 21 heavy (non-hydrogen) atoms. The van der Waals surface area contributed by atoms with E-state index in [0.29, 0.717) is 6.61 Å². The highest BCUT2D eigenvalue weighted by molar-refractivity contribution is 7.11. The van der Waals surface area contributed by atoms with Crippen LogP contribution in [0.25, 0.3) is 0 Å². The molecule has 112 valence electrons. The van der Waals surface area contributed by atoms with Gasteiger partial charge in [-0.05, 0) is 37.8 Å². The molecule has 0 unspecified atom stereocenters. The fourth-order valence-corrected chi connectivity index (χ4v) is 3.32. The van der Waals surface area contributed by atoms with Crippen molar-refractivity contribution in [1.29, 1.82) is 0 Å². The third-order valence-corrected chi connectivity index (χ3v) is 4.80. The first-order chi connectivity index (χ1) is 10.3. The molecule has 3 nitrogen and oxygen atoms in total. The van der Waals surface area contributed by atoms with Gasteiger partial charge in [-0.1, -0.05) is 25.1 Å². The number of hydrogen-bond donors (Lipinski definition) is 1. The standard InChI is InChI=1S/C17H22N2OS/c1-3-14-16(10-18-13-8-9-13)21-17(19-14)11-20-15-7-5-4-6-12(15)2/h4-7,13,18H,3,8-11H2,1-2H3. The van der Waals surface area contributed by atoms with Crippen LogP contribution in [0.5, 0.6) is 5.75 Å². The molecule has 1 aromatic carbocycles. The third-order valence-electron chi connectivity index (χ3n) is 3.73. The van der Waals surface area contributed by atoms with Gasteiger partial charge in [-0.2, -0.15) is 0 Å². The van der Waals surface area contributed by atoms with Crippen LogP contribution in [-0.2, 0) is 19.6 Å². The van der Waals surface area contributed by atoms with Gasteiger partial charge in [0.15, 0.2) is 0 Å². The molecule has 0 saturated heterocycles. The normalized spacial score (nSPS) is 14.4. The van der Waals surface area contributed by atoms with Crippen molar-refractivity contribution < 1.29 is 4.74 Å². The Morgan fingerprint density at radius 2 is 2.14 bits per heavy atom. The zero-order chi connectivity index (χ0) is 14.7. The number of thiazole rings is 1. The van der Waals surface area contributed by atoms with E-state index in [1.165, 1.54) is 29.0 Å². The number of ether oxygens (including phenoxy) is 1. The molecular formula is C17H22N2OS. The minimum atomic E-state index is 0.561. The monoisotopic (exact) mass is 302 g/mol. The first-order valence-corrected chi connectivity index (χ1v) is 8.47. The summed E-state index contributed by atoms with van der Waals surface area (Å²) in [7, 11) is 0. The molecule has 1 aliphatic carbocycles. The van der Waals surface area contributed by atoms with Crippen molar-refractivity contribution in [3.05, 3.63) is 45.4 Å². The largest absolute Gasteiger partial charge is 0.486 e. The summed E-state index contributed by atoms with van der Waals surface area (Å²) in [5.74, 6) is 0.948. The lowest BCUT2D eigenvalue weighted by atomic mass is 10.2. The Labute approximate surface area is 130 Å². The highest BCUT2D eigenvalue weighted by Crippen LogP contribution is 2.25. The van der Waals surface area contributed by atoms with Crippen LogP contribution in [0.1, 0.15) is 40.9 Å². The Bertz CT molecular complexity index is 605. The van der Waals surface area contributed by atoms with Crippen LogP contribution < -0.4 is 10.1 Å². The third kappa shape index (κ3) is 3.83. The van der Waals surface area contributed by atoms with E-state index >= 15 is 0 Å². The molecule has 1 aliphatic rings. The van der Waals surface area contributed by atoms with Gasteiger partial charge in [0.1, 0.15) is 17.4 Å². The number of rotatable bonds is 7. The van der Waals surface area contributed by atoms with Crippen molar-refractivity contribution in [2.45, 2.75) is 52.3 Å². The second kappa shape index (κ2) is 6.58. The summed E-state index contributed by atoms with van der Waals surface area (Å²) in [6.45, 7) is 5.75. The van der Waals surface area contributed by atoms with E-state index in [1.54, 1.807) is 11.3 Å². The number of nitrogens with one attached hydrogen (secondary N) is 1. The fourth-order valence-electron chi connectivity index (χ4n) is 2.30. The molecule has 2 aromatic rings. The van der Waals surface area contributed by atoms with Crippen LogP contribution in [0.15, 0.2) is 24.3 Å². The van der Waals surface area contributed by atoms with Gasteiger partial charge >= 0.3 is 0 Å². The molecule has 0 radical (unpaired) electrons. The summed E-state index contributed by atoms with van der Waals surface area (Å²) in [6.07, 6.45) is 3.63. The fraction of sp³-hybridized carbons (Fsp3) is 0.471. The number of aryl methyl sites for hydroxylation is 2. The summed E-state index contributed by atoms with van der Waals surface area (Å²) in [6, 6.07) is 8.86.